The van der Waals surface area contributed by atoms with E-state index in [1.807, 2.05) is 19.9 Å². The molecule has 4 nitrogen and oxygen atoms in total. The Morgan fingerprint density at radius 1 is 1.44 bits per heavy atom. The van der Waals surface area contributed by atoms with Crippen LogP contribution in [-0.4, -0.2) is 15.0 Å². The van der Waals surface area contributed by atoms with Crippen molar-refractivity contribution < 1.29 is 13.2 Å². The summed E-state index contributed by atoms with van der Waals surface area (Å²) in [6, 6.07) is 6.03. The summed E-state index contributed by atoms with van der Waals surface area (Å²) in [5.41, 5.74) is 0.227. The van der Waals surface area contributed by atoms with E-state index in [4.69, 9.17) is 20.7 Å². The first-order valence-electron chi connectivity index (χ1n) is 5.46. The van der Waals surface area contributed by atoms with Crippen LogP contribution in [0.1, 0.15) is 25.8 Å². The van der Waals surface area contributed by atoms with Crippen LogP contribution < -0.4 is 4.74 Å². The Morgan fingerprint density at radius 3 is 2.61 bits per heavy atom. The molecule has 0 aromatic heterocycles. The van der Waals surface area contributed by atoms with Crippen LogP contribution in [0.4, 0.5) is 0 Å². The molecule has 0 saturated carbocycles. The van der Waals surface area contributed by atoms with Gasteiger partial charge in [0.2, 0.25) is 0 Å². The van der Waals surface area contributed by atoms with Crippen LogP contribution in [0.25, 0.3) is 0 Å². The Labute approximate surface area is 112 Å². The average Bonchev–Trinajstić information content (AvgIpc) is 2.27. The molecule has 1 rings (SSSR count). The van der Waals surface area contributed by atoms with E-state index in [2.05, 4.69) is 0 Å². The van der Waals surface area contributed by atoms with Gasteiger partial charge in [-0.3, -0.25) is 0 Å². The highest BCUT2D eigenvalue weighted by Crippen LogP contribution is 2.28. The second-order valence-electron chi connectivity index (χ2n) is 4.24. The van der Waals surface area contributed by atoms with E-state index in [0.29, 0.717) is 12.5 Å². The first-order valence-corrected chi connectivity index (χ1v) is 7.77. The summed E-state index contributed by atoms with van der Waals surface area (Å²) >= 11 is 0. The minimum Gasteiger partial charge on any atom is -0.492 e. The van der Waals surface area contributed by atoms with Gasteiger partial charge in [0.1, 0.15) is 10.6 Å². The largest absolute Gasteiger partial charge is 0.492 e. The number of benzene rings is 1. The zero-order chi connectivity index (χ0) is 13.8. The molecular formula is C12H14ClNO3S. The van der Waals surface area contributed by atoms with Crippen molar-refractivity contribution in [2.24, 2.45) is 5.92 Å². The summed E-state index contributed by atoms with van der Waals surface area (Å²) in [7, 11) is 1.40. The zero-order valence-electron chi connectivity index (χ0n) is 10.2. The van der Waals surface area contributed by atoms with Crippen LogP contribution in [0.2, 0.25) is 0 Å². The van der Waals surface area contributed by atoms with Crippen molar-refractivity contribution in [2.45, 2.75) is 25.2 Å². The number of hydrogen-bond acceptors (Lipinski definition) is 4. The Balaban J connectivity index is 3.01. The summed E-state index contributed by atoms with van der Waals surface area (Å²) in [6.45, 7) is 4.49. The van der Waals surface area contributed by atoms with Gasteiger partial charge in [0.25, 0.3) is 9.05 Å². The molecule has 98 valence electrons. The molecule has 0 bridgehead atoms. The summed E-state index contributed by atoms with van der Waals surface area (Å²) < 4.78 is 28.2. The SMILES string of the molecule is CC(C)CCOc1ccc(C#N)cc1S(=O)(=O)Cl. The van der Waals surface area contributed by atoms with Crippen molar-refractivity contribution in [2.75, 3.05) is 6.61 Å². The molecule has 0 atom stereocenters. The molecule has 0 fully saturated rings. The van der Waals surface area contributed by atoms with Crippen LogP contribution in [0, 0.1) is 17.2 Å². The minimum atomic E-state index is -3.92. The molecule has 0 spiro atoms. The molecule has 0 unspecified atom stereocenters. The molecule has 0 aliphatic carbocycles. The molecular weight excluding hydrogens is 274 g/mol. The van der Waals surface area contributed by atoms with E-state index in [1.54, 1.807) is 0 Å². The van der Waals surface area contributed by atoms with Gasteiger partial charge in [0.15, 0.2) is 0 Å². The second kappa shape index (κ2) is 6.07. The van der Waals surface area contributed by atoms with E-state index < -0.39 is 9.05 Å². The van der Waals surface area contributed by atoms with Gasteiger partial charge < -0.3 is 4.74 Å². The van der Waals surface area contributed by atoms with Crippen molar-refractivity contribution in [1.82, 2.24) is 0 Å². The summed E-state index contributed by atoms with van der Waals surface area (Å²) in [4.78, 5) is -0.160. The van der Waals surface area contributed by atoms with Crippen LogP contribution >= 0.6 is 10.7 Å². The van der Waals surface area contributed by atoms with Gasteiger partial charge in [-0.15, -0.1) is 0 Å². The lowest BCUT2D eigenvalue weighted by Gasteiger charge is -2.11. The van der Waals surface area contributed by atoms with Crippen molar-refractivity contribution in [1.29, 1.82) is 5.26 Å². The van der Waals surface area contributed by atoms with Crippen LogP contribution in [0.15, 0.2) is 23.1 Å². The van der Waals surface area contributed by atoms with Crippen molar-refractivity contribution >= 4 is 19.7 Å². The quantitative estimate of drug-likeness (QED) is 0.781. The number of halogens is 1. The van der Waals surface area contributed by atoms with Gasteiger partial charge in [-0.2, -0.15) is 5.26 Å². The lowest BCUT2D eigenvalue weighted by molar-refractivity contribution is 0.283. The third-order valence-corrected chi connectivity index (χ3v) is 3.63. The summed E-state index contributed by atoms with van der Waals surface area (Å²) in [5, 5.41) is 8.74. The predicted molar refractivity (Wildman–Crippen MR) is 69.1 cm³/mol. The Bertz CT molecular complexity index is 561. The van der Waals surface area contributed by atoms with Crippen molar-refractivity contribution in [3.8, 4) is 11.8 Å². The van der Waals surface area contributed by atoms with E-state index in [0.717, 1.165) is 6.42 Å². The Hall–Kier alpha value is -1.25. The van der Waals surface area contributed by atoms with Gasteiger partial charge in [0, 0.05) is 10.7 Å². The Kier molecular flexibility index (Phi) is 5.00. The standard InChI is InChI=1S/C12H14ClNO3S/c1-9(2)5-6-17-11-4-3-10(8-14)7-12(11)18(13,15)16/h3-4,7,9H,5-6H2,1-2H3. The summed E-state index contributed by atoms with van der Waals surface area (Å²) in [5.74, 6) is 0.643. The maximum Gasteiger partial charge on any atom is 0.265 e. The van der Waals surface area contributed by atoms with E-state index in [-0.39, 0.29) is 16.2 Å². The first-order chi connectivity index (χ1) is 8.34. The third-order valence-electron chi connectivity index (χ3n) is 2.29. The van der Waals surface area contributed by atoms with E-state index in [1.165, 1.54) is 18.2 Å². The number of ether oxygens (including phenoxy) is 1. The van der Waals surface area contributed by atoms with Crippen LogP contribution in [0.3, 0.4) is 0 Å². The zero-order valence-corrected chi connectivity index (χ0v) is 11.8. The smallest absolute Gasteiger partial charge is 0.265 e. The molecule has 0 saturated heterocycles. The molecule has 0 aliphatic rings. The average molecular weight is 288 g/mol. The predicted octanol–water partition coefficient (Wildman–Crippen LogP) is 2.91. The van der Waals surface area contributed by atoms with Gasteiger partial charge in [-0.1, -0.05) is 13.8 Å². The number of nitriles is 1. The van der Waals surface area contributed by atoms with Crippen LogP contribution in [-0.2, 0) is 9.05 Å². The number of rotatable bonds is 5. The number of nitrogens with zero attached hydrogens (tertiary/aromatic N) is 1. The lowest BCUT2D eigenvalue weighted by Crippen LogP contribution is -2.04. The summed E-state index contributed by atoms with van der Waals surface area (Å²) in [6.07, 6.45) is 0.807. The van der Waals surface area contributed by atoms with Crippen molar-refractivity contribution in [3.63, 3.8) is 0 Å². The maximum absolute atomic E-state index is 11.4. The molecule has 0 aliphatic heterocycles. The van der Waals surface area contributed by atoms with Gasteiger partial charge in [0.05, 0.1) is 18.2 Å². The highest BCUT2D eigenvalue weighted by atomic mass is 35.7. The van der Waals surface area contributed by atoms with Gasteiger partial charge >= 0.3 is 0 Å². The second-order valence-corrected chi connectivity index (χ2v) is 6.78. The molecule has 18 heavy (non-hydrogen) atoms. The first kappa shape index (κ1) is 14.8. The molecule has 0 heterocycles. The third kappa shape index (κ3) is 4.21. The van der Waals surface area contributed by atoms with Gasteiger partial charge in [-0.25, -0.2) is 8.42 Å². The molecule has 0 N–H and O–H groups in total. The fourth-order valence-corrected chi connectivity index (χ4v) is 2.29. The lowest BCUT2D eigenvalue weighted by atomic mass is 10.1. The molecule has 0 radical (unpaired) electrons. The molecule has 6 heteroatoms. The fourth-order valence-electron chi connectivity index (χ4n) is 1.29. The molecule has 1 aromatic rings. The normalized spacial score (nSPS) is 11.3. The highest BCUT2D eigenvalue weighted by Gasteiger charge is 2.17. The van der Waals surface area contributed by atoms with Crippen molar-refractivity contribution in [3.05, 3.63) is 23.8 Å². The monoisotopic (exact) mass is 287 g/mol. The van der Waals surface area contributed by atoms with E-state index in [9.17, 15) is 8.42 Å². The number of hydrogen-bond donors (Lipinski definition) is 0. The fraction of sp³-hybridized carbons (Fsp3) is 0.417. The van der Waals surface area contributed by atoms with E-state index >= 15 is 0 Å². The van der Waals surface area contributed by atoms with Crippen LogP contribution in [0.5, 0.6) is 5.75 Å². The molecule has 0 amide bonds. The Morgan fingerprint density at radius 2 is 2.11 bits per heavy atom. The maximum atomic E-state index is 11.4. The van der Waals surface area contributed by atoms with Gasteiger partial charge in [-0.05, 0) is 30.5 Å². The topological polar surface area (TPSA) is 67.2 Å². The molecule has 1 aromatic carbocycles. The highest BCUT2D eigenvalue weighted by molar-refractivity contribution is 8.13. The minimum absolute atomic E-state index is 0.160.